The first-order valence-corrected chi connectivity index (χ1v) is 6.22. The lowest BCUT2D eigenvalue weighted by Crippen LogP contribution is -2.46. The summed E-state index contributed by atoms with van der Waals surface area (Å²) < 4.78 is 0. The largest absolute Gasteiger partial charge is 0.478 e. The monoisotopic (exact) mass is 263 g/mol. The molecule has 1 aromatic rings. The minimum Gasteiger partial charge on any atom is -0.478 e. The van der Waals surface area contributed by atoms with Gasteiger partial charge in [0, 0.05) is 12.7 Å². The Kier molecular flexibility index (Phi) is 3.80. The lowest BCUT2D eigenvalue weighted by molar-refractivity contribution is -0.125. The van der Waals surface area contributed by atoms with Crippen molar-refractivity contribution in [2.24, 2.45) is 5.41 Å². The number of amides is 1. The number of carboxylic acids is 1. The van der Waals surface area contributed by atoms with Crippen molar-refractivity contribution in [2.75, 3.05) is 18.4 Å². The van der Waals surface area contributed by atoms with Gasteiger partial charge in [0.1, 0.15) is 0 Å². The van der Waals surface area contributed by atoms with Crippen molar-refractivity contribution in [3.63, 3.8) is 0 Å². The zero-order chi connectivity index (χ0) is 13.9. The number of hydrogen-bond acceptors (Lipinski definition) is 4. The summed E-state index contributed by atoms with van der Waals surface area (Å²) >= 11 is 0. The summed E-state index contributed by atoms with van der Waals surface area (Å²) in [5, 5.41) is 14.8. The number of piperidine rings is 1. The molecular weight excluding hydrogens is 246 g/mol. The minimum absolute atomic E-state index is 0.0599. The standard InChI is InChI=1S/C13H17N3O3/c1-13(3-2-4-14-8-13)12(19)16-10-5-9(11(17)18)6-15-7-10/h5-7,14H,2-4,8H2,1H3,(H,16,19)(H,17,18). The molecule has 6 heteroatoms. The van der Waals surface area contributed by atoms with E-state index >= 15 is 0 Å². The molecule has 1 aliphatic heterocycles. The fourth-order valence-corrected chi connectivity index (χ4v) is 2.16. The van der Waals surface area contributed by atoms with Gasteiger partial charge in [0.2, 0.25) is 5.91 Å². The summed E-state index contributed by atoms with van der Waals surface area (Å²) in [5.74, 6) is -1.17. The molecule has 2 rings (SSSR count). The van der Waals surface area contributed by atoms with Crippen LogP contribution in [0.25, 0.3) is 0 Å². The summed E-state index contributed by atoms with van der Waals surface area (Å²) in [4.78, 5) is 26.9. The van der Waals surface area contributed by atoms with Crippen LogP contribution in [0.5, 0.6) is 0 Å². The maximum absolute atomic E-state index is 12.2. The zero-order valence-corrected chi connectivity index (χ0v) is 10.8. The molecule has 19 heavy (non-hydrogen) atoms. The Balaban J connectivity index is 2.10. The first-order chi connectivity index (χ1) is 9.01. The van der Waals surface area contributed by atoms with Gasteiger partial charge in [0.05, 0.1) is 22.9 Å². The van der Waals surface area contributed by atoms with Gasteiger partial charge in [-0.25, -0.2) is 4.79 Å². The Hall–Kier alpha value is -1.95. The van der Waals surface area contributed by atoms with Crippen molar-refractivity contribution in [1.29, 1.82) is 0 Å². The molecule has 102 valence electrons. The van der Waals surface area contributed by atoms with E-state index in [9.17, 15) is 9.59 Å². The summed E-state index contributed by atoms with van der Waals surface area (Å²) in [6, 6.07) is 1.41. The molecule has 1 unspecified atom stereocenters. The number of nitrogens with one attached hydrogen (secondary N) is 2. The van der Waals surface area contributed by atoms with E-state index in [0.717, 1.165) is 19.4 Å². The van der Waals surface area contributed by atoms with E-state index in [1.165, 1.54) is 18.5 Å². The smallest absolute Gasteiger partial charge is 0.337 e. The lowest BCUT2D eigenvalue weighted by atomic mass is 9.82. The molecular formula is C13H17N3O3. The molecule has 0 spiro atoms. The molecule has 1 amide bonds. The predicted octanol–water partition coefficient (Wildman–Crippen LogP) is 1.11. The van der Waals surface area contributed by atoms with E-state index in [1.54, 1.807) is 0 Å². The highest BCUT2D eigenvalue weighted by atomic mass is 16.4. The fraction of sp³-hybridized carbons (Fsp3) is 0.462. The Bertz CT molecular complexity index is 496. The highest BCUT2D eigenvalue weighted by Gasteiger charge is 2.34. The number of nitrogens with zero attached hydrogens (tertiary/aromatic N) is 1. The van der Waals surface area contributed by atoms with E-state index in [1.807, 2.05) is 6.92 Å². The normalized spacial score (nSPS) is 22.8. The van der Waals surface area contributed by atoms with Crippen LogP contribution in [0.4, 0.5) is 5.69 Å². The van der Waals surface area contributed by atoms with Crippen LogP contribution in [-0.4, -0.2) is 35.1 Å². The van der Waals surface area contributed by atoms with Crippen molar-refractivity contribution in [3.8, 4) is 0 Å². The first-order valence-electron chi connectivity index (χ1n) is 6.22. The van der Waals surface area contributed by atoms with Crippen LogP contribution in [0.3, 0.4) is 0 Å². The molecule has 1 aromatic heterocycles. The lowest BCUT2D eigenvalue weighted by Gasteiger charge is -2.32. The third-order valence-corrected chi connectivity index (χ3v) is 3.39. The van der Waals surface area contributed by atoms with E-state index in [2.05, 4.69) is 15.6 Å². The number of pyridine rings is 1. The summed E-state index contributed by atoms with van der Waals surface area (Å²) in [6.07, 6.45) is 4.47. The zero-order valence-electron chi connectivity index (χ0n) is 10.8. The van der Waals surface area contributed by atoms with Gasteiger partial charge in [-0.2, -0.15) is 0 Å². The summed E-state index contributed by atoms with van der Waals surface area (Å²) in [6.45, 7) is 3.47. The molecule has 6 nitrogen and oxygen atoms in total. The van der Waals surface area contributed by atoms with Crippen molar-refractivity contribution in [1.82, 2.24) is 10.3 Å². The minimum atomic E-state index is -1.06. The van der Waals surface area contributed by atoms with Gasteiger partial charge in [-0.1, -0.05) is 0 Å². The van der Waals surface area contributed by atoms with Gasteiger partial charge in [-0.15, -0.1) is 0 Å². The second-order valence-electron chi connectivity index (χ2n) is 5.06. The number of anilines is 1. The quantitative estimate of drug-likeness (QED) is 0.759. The van der Waals surface area contributed by atoms with Crippen molar-refractivity contribution in [2.45, 2.75) is 19.8 Å². The molecule has 1 atom stereocenters. The number of carbonyl (C=O) groups is 2. The number of aromatic nitrogens is 1. The SMILES string of the molecule is CC1(C(=O)Nc2cncc(C(=O)O)c2)CCCNC1. The highest BCUT2D eigenvalue weighted by Crippen LogP contribution is 2.27. The fourth-order valence-electron chi connectivity index (χ4n) is 2.16. The second kappa shape index (κ2) is 5.36. The molecule has 1 saturated heterocycles. The first kappa shape index (κ1) is 13.5. The molecule has 0 radical (unpaired) electrons. The Morgan fingerprint density at radius 2 is 2.26 bits per heavy atom. The van der Waals surface area contributed by atoms with E-state index in [4.69, 9.17) is 5.11 Å². The van der Waals surface area contributed by atoms with Crippen LogP contribution in [-0.2, 0) is 4.79 Å². The van der Waals surface area contributed by atoms with Crippen LogP contribution < -0.4 is 10.6 Å². The molecule has 3 N–H and O–H groups in total. The maximum Gasteiger partial charge on any atom is 0.337 e. The third kappa shape index (κ3) is 3.08. The Labute approximate surface area is 111 Å². The van der Waals surface area contributed by atoms with Crippen molar-refractivity contribution >= 4 is 17.6 Å². The third-order valence-electron chi connectivity index (χ3n) is 3.39. The molecule has 0 aliphatic carbocycles. The van der Waals surface area contributed by atoms with Gasteiger partial charge in [0.25, 0.3) is 0 Å². The summed E-state index contributed by atoms with van der Waals surface area (Å²) in [5.41, 5.74) is 0.0127. The molecule has 0 aromatic carbocycles. The van der Waals surface area contributed by atoms with Gasteiger partial charge in [-0.05, 0) is 32.4 Å². The number of carboxylic acid groups (broad SMARTS) is 1. The Morgan fingerprint density at radius 3 is 2.89 bits per heavy atom. The van der Waals surface area contributed by atoms with Crippen LogP contribution in [0, 0.1) is 5.41 Å². The van der Waals surface area contributed by atoms with Crippen LogP contribution in [0.2, 0.25) is 0 Å². The van der Waals surface area contributed by atoms with Crippen LogP contribution in [0.1, 0.15) is 30.1 Å². The van der Waals surface area contributed by atoms with Crippen LogP contribution in [0.15, 0.2) is 18.5 Å². The van der Waals surface area contributed by atoms with E-state index in [0.29, 0.717) is 12.2 Å². The second-order valence-corrected chi connectivity index (χ2v) is 5.06. The average Bonchev–Trinajstić information content (AvgIpc) is 2.40. The highest BCUT2D eigenvalue weighted by molar-refractivity contribution is 5.96. The molecule has 0 saturated carbocycles. The van der Waals surface area contributed by atoms with Gasteiger partial charge in [-0.3, -0.25) is 9.78 Å². The summed E-state index contributed by atoms with van der Waals surface area (Å²) in [7, 11) is 0. The van der Waals surface area contributed by atoms with Gasteiger partial charge in [0.15, 0.2) is 0 Å². The molecule has 1 fully saturated rings. The van der Waals surface area contributed by atoms with E-state index < -0.39 is 11.4 Å². The topological polar surface area (TPSA) is 91.3 Å². The number of hydrogen-bond donors (Lipinski definition) is 3. The molecule has 0 bridgehead atoms. The van der Waals surface area contributed by atoms with Gasteiger partial charge < -0.3 is 15.7 Å². The average molecular weight is 263 g/mol. The van der Waals surface area contributed by atoms with Crippen molar-refractivity contribution in [3.05, 3.63) is 24.0 Å². The number of aromatic carboxylic acids is 1. The van der Waals surface area contributed by atoms with Crippen LogP contribution >= 0.6 is 0 Å². The Morgan fingerprint density at radius 1 is 1.47 bits per heavy atom. The molecule has 2 heterocycles. The number of rotatable bonds is 3. The maximum atomic E-state index is 12.2. The van der Waals surface area contributed by atoms with Gasteiger partial charge >= 0.3 is 5.97 Å². The molecule has 1 aliphatic rings. The van der Waals surface area contributed by atoms with E-state index in [-0.39, 0.29) is 11.5 Å². The van der Waals surface area contributed by atoms with Crippen molar-refractivity contribution < 1.29 is 14.7 Å². The predicted molar refractivity (Wildman–Crippen MR) is 70.0 cm³/mol. The number of carbonyl (C=O) groups excluding carboxylic acids is 1.